The van der Waals surface area contributed by atoms with Crippen LogP contribution in [0.5, 0.6) is 5.75 Å². The van der Waals surface area contributed by atoms with E-state index in [0.29, 0.717) is 43.2 Å². The van der Waals surface area contributed by atoms with E-state index in [4.69, 9.17) is 4.74 Å². The molecule has 0 aliphatic carbocycles. The first kappa shape index (κ1) is 21.9. The highest BCUT2D eigenvalue weighted by molar-refractivity contribution is 5.97. The molecule has 0 radical (unpaired) electrons. The molecular weight excluding hydrogens is 408 g/mol. The van der Waals surface area contributed by atoms with Gasteiger partial charge in [0.1, 0.15) is 11.4 Å². The summed E-state index contributed by atoms with van der Waals surface area (Å²) in [5.74, 6) is 0.601. The fourth-order valence-electron chi connectivity index (χ4n) is 4.68. The molecule has 1 amide bonds. The van der Waals surface area contributed by atoms with E-state index in [2.05, 4.69) is 9.80 Å². The monoisotopic (exact) mass is 438 g/mol. The van der Waals surface area contributed by atoms with Crippen LogP contribution >= 0.6 is 0 Å². The largest absolute Gasteiger partial charge is 0.496 e. The summed E-state index contributed by atoms with van der Waals surface area (Å²) < 4.78 is 5.46. The van der Waals surface area contributed by atoms with E-state index in [-0.39, 0.29) is 16.5 Å². The zero-order chi connectivity index (χ0) is 22.7. The molecule has 4 rings (SSSR count). The number of methoxy groups -OCH3 is 1. The fourth-order valence-corrected chi connectivity index (χ4v) is 4.68. The third-order valence-electron chi connectivity index (χ3n) is 6.43. The van der Waals surface area contributed by atoms with Crippen molar-refractivity contribution in [2.75, 3.05) is 56.2 Å². The van der Waals surface area contributed by atoms with Crippen LogP contribution in [0.3, 0.4) is 0 Å². The number of amides is 1. The second kappa shape index (κ2) is 9.46. The lowest BCUT2D eigenvalue weighted by Crippen LogP contribution is -2.49. The highest BCUT2D eigenvalue weighted by Gasteiger charge is 2.27. The minimum Gasteiger partial charge on any atom is -0.496 e. The van der Waals surface area contributed by atoms with Gasteiger partial charge in [0.05, 0.1) is 17.6 Å². The first-order chi connectivity index (χ1) is 15.5. The van der Waals surface area contributed by atoms with Crippen molar-refractivity contribution in [2.24, 2.45) is 0 Å². The highest BCUT2D eigenvalue weighted by atomic mass is 16.6. The molecule has 32 heavy (non-hydrogen) atoms. The van der Waals surface area contributed by atoms with Gasteiger partial charge in [-0.25, -0.2) is 0 Å². The van der Waals surface area contributed by atoms with Crippen molar-refractivity contribution in [3.05, 3.63) is 57.6 Å². The molecule has 2 aliphatic heterocycles. The maximum atomic E-state index is 13.1. The van der Waals surface area contributed by atoms with Crippen LogP contribution in [0.1, 0.15) is 35.2 Å². The lowest BCUT2D eigenvalue weighted by molar-refractivity contribution is -0.384. The van der Waals surface area contributed by atoms with Crippen molar-refractivity contribution in [1.29, 1.82) is 0 Å². The summed E-state index contributed by atoms with van der Waals surface area (Å²) in [4.78, 5) is 30.6. The minimum absolute atomic E-state index is 0.0251. The summed E-state index contributed by atoms with van der Waals surface area (Å²) in [6.07, 6.45) is 3.29. The summed E-state index contributed by atoms with van der Waals surface area (Å²) in [6.45, 7) is 6.17. The van der Waals surface area contributed by atoms with Crippen molar-refractivity contribution in [3.8, 4) is 5.75 Å². The van der Waals surface area contributed by atoms with E-state index in [9.17, 15) is 14.9 Å². The van der Waals surface area contributed by atoms with Crippen LogP contribution in [0.15, 0.2) is 36.4 Å². The first-order valence-electron chi connectivity index (χ1n) is 11.2. The second-order valence-corrected chi connectivity index (χ2v) is 8.41. The lowest BCUT2D eigenvalue weighted by atomic mass is 10.1. The van der Waals surface area contributed by atoms with E-state index >= 15 is 0 Å². The number of benzene rings is 2. The number of piperidine rings is 1. The van der Waals surface area contributed by atoms with Crippen LogP contribution in [-0.2, 0) is 0 Å². The molecule has 2 aromatic rings. The van der Waals surface area contributed by atoms with Gasteiger partial charge in [0.15, 0.2) is 0 Å². The molecule has 0 saturated carbocycles. The van der Waals surface area contributed by atoms with Crippen LogP contribution in [0.25, 0.3) is 0 Å². The van der Waals surface area contributed by atoms with Crippen molar-refractivity contribution in [3.63, 3.8) is 0 Å². The Bertz CT molecular complexity index is 995. The number of aryl methyl sites for hydroxylation is 1. The number of para-hydroxylation sites is 1. The summed E-state index contributed by atoms with van der Waals surface area (Å²) >= 11 is 0. The number of hydrogen-bond donors (Lipinski definition) is 0. The van der Waals surface area contributed by atoms with E-state index in [0.717, 1.165) is 37.2 Å². The predicted octanol–water partition coefficient (Wildman–Crippen LogP) is 3.86. The Balaban J connectivity index is 1.49. The normalized spacial score (nSPS) is 16.8. The van der Waals surface area contributed by atoms with Gasteiger partial charge >= 0.3 is 0 Å². The summed E-state index contributed by atoms with van der Waals surface area (Å²) in [5, 5.41) is 11.6. The van der Waals surface area contributed by atoms with Crippen LogP contribution in [0.4, 0.5) is 17.1 Å². The number of anilines is 2. The van der Waals surface area contributed by atoms with Gasteiger partial charge in [-0.05, 0) is 49.9 Å². The van der Waals surface area contributed by atoms with Gasteiger partial charge in [0.2, 0.25) is 0 Å². The van der Waals surface area contributed by atoms with E-state index in [1.54, 1.807) is 13.2 Å². The Morgan fingerprint density at radius 3 is 2.34 bits per heavy atom. The van der Waals surface area contributed by atoms with Crippen molar-refractivity contribution < 1.29 is 14.5 Å². The van der Waals surface area contributed by atoms with Gasteiger partial charge < -0.3 is 19.4 Å². The molecular formula is C24H30N4O4. The average Bonchev–Trinajstić information content (AvgIpc) is 2.83. The number of rotatable bonds is 5. The summed E-state index contributed by atoms with van der Waals surface area (Å²) in [6, 6.07) is 11.0. The molecule has 0 unspecified atom stereocenters. The molecule has 170 valence electrons. The number of carbonyl (C=O) groups is 1. The van der Waals surface area contributed by atoms with Crippen LogP contribution < -0.4 is 14.5 Å². The SMILES string of the molecule is COc1c(C)cccc1C(=O)N1CCN(c2ccc([N+](=O)[O-])c(N3CCCCC3)c2)CC1. The Morgan fingerprint density at radius 2 is 1.69 bits per heavy atom. The Morgan fingerprint density at radius 1 is 0.969 bits per heavy atom. The van der Waals surface area contributed by atoms with Gasteiger partial charge in [-0.3, -0.25) is 14.9 Å². The third kappa shape index (κ3) is 4.35. The van der Waals surface area contributed by atoms with Gasteiger partial charge in [0, 0.05) is 51.0 Å². The van der Waals surface area contributed by atoms with E-state index in [1.165, 1.54) is 6.42 Å². The first-order valence-corrected chi connectivity index (χ1v) is 11.2. The highest BCUT2D eigenvalue weighted by Crippen LogP contribution is 2.34. The Kier molecular flexibility index (Phi) is 6.48. The summed E-state index contributed by atoms with van der Waals surface area (Å²) in [5.41, 5.74) is 3.36. The van der Waals surface area contributed by atoms with Crippen molar-refractivity contribution in [2.45, 2.75) is 26.2 Å². The van der Waals surface area contributed by atoms with Gasteiger partial charge in [0.25, 0.3) is 11.6 Å². The second-order valence-electron chi connectivity index (χ2n) is 8.41. The van der Waals surface area contributed by atoms with Gasteiger partial charge in [-0.15, -0.1) is 0 Å². The molecule has 8 heteroatoms. The van der Waals surface area contributed by atoms with E-state index < -0.39 is 0 Å². The molecule has 0 spiro atoms. The molecule has 2 aromatic carbocycles. The maximum Gasteiger partial charge on any atom is 0.292 e. The predicted molar refractivity (Wildman–Crippen MR) is 125 cm³/mol. The molecule has 2 aliphatic rings. The van der Waals surface area contributed by atoms with Gasteiger partial charge in [-0.1, -0.05) is 12.1 Å². The maximum absolute atomic E-state index is 13.1. The topological polar surface area (TPSA) is 79.2 Å². The quantitative estimate of drug-likeness (QED) is 0.521. The number of carbonyl (C=O) groups excluding carboxylic acids is 1. The molecule has 0 bridgehead atoms. The molecule has 0 N–H and O–H groups in total. The molecule has 0 aromatic heterocycles. The number of nitro benzene ring substituents is 1. The summed E-state index contributed by atoms with van der Waals surface area (Å²) in [7, 11) is 1.59. The molecule has 0 atom stereocenters. The molecule has 2 heterocycles. The zero-order valence-corrected chi connectivity index (χ0v) is 18.7. The third-order valence-corrected chi connectivity index (χ3v) is 6.43. The van der Waals surface area contributed by atoms with Crippen LogP contribution in [-0.4, -0.2) is 62.1 Å². The van der Waals surface area contributed by atoms with Crippen molar-refractivity contribution >= 4 is 23.0 Å². The Labute approximate surface area is 188 Å². The number of ether oxygens (including phenoxy) is 1. The minimum atomic E-state index is -0.292. The zero-order valence-electron chi connectivity index (χ0n) is 18.7. The lowest BCUT2D eigenvalue weighted by Gasteiger charge is -2.37. The standard InChI is InChI=1S/C24H30N4O4/c1-18-7-6-8-20(23(18)32-2)24(29)27-15-13-25(14-16-27)19-9-10-21(28(30)31)22(17-19)26-11-4-3-5-12-26/h6-10,17H,3-5,11-16H2,1-2H3. The fraction of sp³-hybridized carbons (Fsp3) is 0.458. The van der Waals surface area contributed by atoms with Crippen LogP contribution in [0.2, 0.25) is 0 Å². The van der Waals surface area contributed by atoms with E-state index in [1.807, 2.05) is 42.2 Å². The molecule has 2 fully saturated rings. The number of hydrogen-bond acceptors (Lipinski definition) is 6. The van der Waals surface area contributed by atoms with Crippen molar-refractivity contribution in [1.82, 2.24) is 4.90 Å². The Hall–Kier alpha value is -3.29. The molecule has 8 nitrogen and oxygen atoms in total. The smallest absolute Gasteiger partial charge is 0.292 e. The average molecular weight is 439 g/mol. The molecule has 2 saturated heterocycles. The van der Waals surface area contributed by atoms with Crippen LogP contribution in [0, 0.1) is 17.0 Å². The number of nitro groups is 1. The number of nitrogens with zero attached hydrogens (tertiary/aromatic N) is 4. The number of piperazine rings is 1. The van der Waals surface area contributed by atoms with Gasteiger partial charge in [-0.2, -0.15) is 0 Å².